The van der Waals surface area contributed by atoms with Crippen LogP contribution in [0.4, 0.5) is 0 Å². The molecule has 20 heavy (non-hydrogen) atoms. The van der Waals surface area contributed by atoms with Crippen molar-refractivity contribution in [3.63, 3.8) is 0 Å². The molecular weight excluding hydrogens is 252 g/mol. The summed E-state index contributed by atoms with van der Waals surface area (Å²) in [4.78, 5) is 16.6. The fraction of sp³-hybridized carbons (Fsp3) is 0.933. The molecule has 0 bridgehead atoms. The molecule has 1 heterocycles. The average Bonchev–Trinajstić information content (AvgIpc) is 2.99. The van der Waals surface area contributed by atoms with Gasteiger partial charge in [-0.25, -0.2) is 0 Å². The molecule has 1 aliphatic carbocycles. The van der Waals surface area contributed by atoms with Crippen molar-refractivity contribution in [2.45, 2.75) is 50.6 Å². The zero-order valence-corrected chi connectivity index (χ0v) is 13.0. The van der Waals surface area contributed by atoms with E-state index in [0.717, 1.165) is 32.1 Å². The van der Waals surface area contributed by atoms with Gasteiger partial charge in [-0.2, -0.15) is 0 Å². The third-order valence-electron chi connectivity index (χ3n) is 5.27. The van der Waals surface area contributed by atoms with Crippen LogP contribution in [0.15, 0.2) is 0 Å². The Morgan fingerprint density at radius 1 is 1.25 bits per heavy atom. The van der Waals surface area contributed by atoms with Crippen LogP contribution in [0, 0.1) is 0 Å². The Morgan fingerprint density at radius 2 is 1.85 bits per heavy atom. The number of carbonyl (C=O) groups excluding carboxylic acids is 1. The number of carbonyl (C=O) groups is 1. The van der Waals surface area contributed by atoms with E-state index in [1.165, 1.54) is 38.8 Å². The second kappa shape index (κ2) is 6.87. The van der Waals surface area contributed by atoms with Gasteiger partial charge < -0.3 is 16.0 Å². The minimum absolute atomic E-state index is 0.260. The van der Waals surface area contributed by atoms with Crippen molar-refractivity contribution in [3.8, 4) is 0 Å². The van der Waals surface area contributed by atoms with E-state index < -0.39 is 5.54 Å². The van der Waals surface area contributed by atoms with E-state index in [2.05, 4.69) is 15.1 Å². The Bertz CT molecular complexity index is 322. The lowest BCUT2D eigenvalue weighted by Gasteiger charge is -2.39. The maximum absolute atomic E-state index is 11.5. The molecule has 2 aliphatic rings. The van der Waals surface area contributed by atoms with Crippen LogP contribution in [0.2, 0.25) is 0 Å². The summed E-state index contributed by atoms with van der Waals surface area (Å²) >= 11 is 0. The molecule has 3 N–H and O–H groups in total. The highest BCUT2D eigenvalue weighted by molar-refractivity contribution is 5.84. The van der Waals surface area contributed by atoms with Crippen molar-refractivity contribution in [2.75, 3.05) is 39.8 Å². The lowest BCUT2D eigenvalue weighted by Crippen LogP contribution is -2.55. The van der Waals surface area contributed by atoms with Crippen LogP contribution in [-0.4, -0.2) is 67.1 Å². The molecule has 0 aromatic heterocycles. The Kier molecular flexibility index (Phi) is 5.41. The molecular formula is C15H30N4O. The van der Waals surface area contributed by atoms with E-state index in [0.29, 0.717) is 0 Å². The van der Waals surface area contributed by atoms with Crippen molar-refractivity contribution in [1.82, 2.24) is 15.1 Å². The molecule has 1 atom stereocenters. The fourth-order valence-electron chi connectivity index (χ4n) is 3.37. The van der Waals surface area contributed by atoms with Gasteiger partial charge in [0, 0.05) is 38.8 Å². The SMILES string of the molecule is CNC(C)(CCN1CCN(C2CCCC2)CC1)C(N)=O. The van der Waals surface area contributed by atoms with E-state index in [1.807, 2.05) is 14.0 Å². The van der Waals surface area contributed by atoms with Gasteiger partial charge in [0.25, 0.3) is 0 Å². The number of hydrogen-bond acceptors (Lipinski definition) is 4. The van der Waals surface area contributed by atoms with Gasteiger partial charge >= 0.3 is 0 Å². The van der Waals surface area contributed by atoms with Gasteiger partial charge in [0.2, 0.25) is 5.91 Å². The molecule has 2 fully saturated rings. The van der Waals surface area contributed by atoms with E-state index in [9.17, 15) is 4.79 Å². The summed E-state index contributed by atoms with van der Waals surface area (Å²) in [7, 11) is 1.81. The van der Waals surface area contributed by atoms with Crippen LogP contribution in [0.3, 0.4) is 0 Å². The number of rotatable bonds is 6. The summed E-state index contributed by atoms with van der Waals surface area (Å²) in [5, 5.41) is 3.06. The van der Waals surface area contributed by atoms with Gasteiger partial charge in [0.1, 0.15) is 0 Å². The zero-order valence-electron chi connectivity index (χ0n) is 13.0. The first-order valence-electron chi connectivity index (χ1n) is 8.00. The van der Waals surface area contributed by atoms with Gasteiger partial charge in [0.05, 0.1) is 5.54 Å². The van der Waals surface area contributed by atoms with Gasteiger partial charge in [-0.3, -0.25) is 9.69 Å². The lowest BCUT2D eigenvalue weighted by molar-refractivity contribution is -0.124. The van der Waals surface area contributed by atoms with Crippen molar-refractivity contribution in [3.05, 3.63) is 0 Å². The van der Waals surface area contributed by atoms with E-state index >= 15 is 0 Å². The molecule has 1 saturated heterocycles. The van der Waals surface area contributed by atoms with Crippen molar-refractivity contribution in [2.24, 2.45) is 5.73 Å². The zero-order chi connectivity index (χ0) is 14.6. The topological polar surface area (TPSA) is 61.6 Å². The van der Waals surface area contributed by atoms with Crippen molar-refractivity contribution < 1.29 is 4.79 Å². The minimum atomic E-state index is -0.581. The summed E-state index contributed by atoms with van der Waals surface area (Å²) < 4.78 is 0. The number of nitrogens with two attached hydrogens (primary N) is 1. The van der Waals surface area contributed by atoms with E-state index in [4.69, 9.17) is 5.73 Å². The molecule has 1 aliphatic heterocycles. The van der Waals surface area contributed by atoms with Crippen molar-refractivity contribution in [1.29, 1.82) is 0 Å². The number of nitrogens with one attached hydrogen (secondary N) is 1. The first-order chi connectivity index (χ1) is 9.55. The first-order valence-corrected chi connectivity index (χ1v) is 8.00. The maximum Gasteiger partial charge on any atom is 0.237 e. The summed E-state index contributed by atoms with van der Waals surface area (Å²) in [6.07, 6.45) is 6.37. The number of hydrogen-bond donors (Lipinski definition) is 2. The Labute approximate surface area is 122 Å². The minimum Gasteiger partial charge on any atom is -0.368 e. The van der Waals surface area contributed by atoms with Gasteiger partial charge in [-0.1, -0.05) is 12.8 Å². The fourth-order valence-corrected chi connectivity index (χ4v) is 3.37. The van der Waals surface area contributed by atoms with Crippen LogP contribution in [0.5, 0.6) is 0 Å². The van der Waals surface area contributed by atoms with Crippen LogP contribution in [0.1, 0.15) is 39.0 Å². The Hall–Kier alpha value is -0.650. The van der Waals surface area contributed by atoms with Crippen LogP contribution >= 0.6 is 0 Å². The lowest BCUT2D eigenvalue weighted by atomic mass is 9.97. The van der Waals surface area contributed by atoms with Crippen LogP contribution in [-0.2, 0) is 4.79 Å². The maximum atomic E-state index is 11.5. The molecule has 0 aromatic rings. The van der Waals surface area contributed by atoms with E-state index in [1.54, 1.807) is 0 Å². The third-order valence-corrected chi connectivity index (χ3v) is 5.27. The van der Waals surface area contributed by atoms with Gasteiger partial charge in [0.15, 0.2) is 0 Å². The summed E-state index contributed by atoms with van der Waals surface area (Å²) in [6, 6.07) is 0.838. The predicted molar refractivity (Wildman–Crippen MR) is 81.5 cm³/mol. The third kappa shape index (κ3) is 3.71. The highest BCUT2D eigenvalue weighted by Crippen LogP contribution is 2.24. The molecule has 1 saturated carbocycles. The molecule has 1 amide bonds. The molecule has 0 aromatic carbocycles. The number of amides is 1. The van der Waals surface area contributed by atoms with Crippen molar-refractivity contribution >= 4 is 5.91 Å². The monoisotopic (exact) mass is 282 g/mol. The Morgan fingerprint density at radius 3 is 2.35 bits per heavy atom. The number of nitrogens with zero attached hydrogens (tertiary/aromatic N) is 2. The molecule has 5 heteroatoms. The number of piperazine rings is 1. The first kappa shape index (κ1) is 15.7. The van der Waals surface area contributed by atoms with Crippen LogP contribution in [0.25, 0.3) is 0 Å². The van der Waals surface area contributed by atoms with Gasteiger partial charge in [-0.05, 0) is 33.2 Å². The quantitative estimate of drug-likeness (QED) is 0.740. The normalized spacial score (nSPS) is 25.7. The smallest absolute Gasteiger partial charge is 0.237 e. The molecule has 0 spiro atoms. The van der Waals surface area contributed by atoms with Crippen LogP contribution < -0.4 is 11.1 Å². The summed E-state index contributed by atoms with van der Waals surface area (Å²) in [5.41, 5.74) is 4.89. The average molecular weight is 282 g/mol. The summed E-state index contributed by atoms with van der Waals surface area (Å²) in [5.74, 6) is -0.260. The van der Waals surface area contributed by atoms with E-state index in [-0.39, 0.29) is 5.91 Å². The predicted octanol–water partition coefficient (Wildman–Crippen LogP) is 0.400. The second-order valence-corrected chi connectivity index (χ2v) is 6.51. The molecule has 1 unspecified atom stereocenters. The molecule has 0 radical (unpaired) electrons. The summed E-state index contributed by atoms with van der Waals surface area (Å²) in [6.45, 7) is 7.43. The number of likely N-dealkylation sites (N-methyl/N-ethyl adjacent to an activating group) is 1. The number of primary amides is 1. The molecule has 116 valence electrons. The highest BCUT2D eigenvalue weighted by Gasteiger charge is 2.31. The van der Waals surface area contributed by atoms with Gasteiger partial charge in [-0.15, -0.1) is 0 Å². The largest absolute Gasteiger partial charge is 0.368 e. The highest BCUT2D eigenvalue weighted by atomic mass is 16.1. The standard InChI is InChI=1S/C15H30N4O/c1-15(17-2,14(16)20)7-8-18-9-11-19(12-10-18)13-5-3-4-6-13/h13,17H,3-12H2,1-2H3,(H2,16,20). The Balaban J connectivity index is 1.72. The molecule has 5 nitrogen and oxygen atoms in total. The molecule has 2 rings (SSSR count). The second-order valence-electron chi connectivity index (χ2n) is 6.51.